The zero-order chi connectivity index (χ0) is 14.9. The highest BCUT2D eigenvalue weighted by molar-refractivity contribution is 5.71. The van der Waals surface area contributed by atoms with Gasteiger partial charge in [0, 0.05) is 12.3 Å². The predicted octanol–water partition coefficient (Wildman–Crippen LogP) is 0.590. The van der Waals surface area contributed by atoms with E-state index in [-0.39, 0.29) is 36.9 Å². The number of cyclic esters (lactones) is 1. The van der Waals surface area contributed by atoms with E-state index >= 15 is 0 Å². The molecule has 20 heavy (non-hydrogen) atoms. The standard InChI is InChI=1S/C14H24O6/c1-4-9-7(2)18-12(16)6-11(9)20-13-5-10(15)14(17)8(3)19-13/h7-11,13-15,17H,4-6H2,1-3H3/t7-,8+,9-,10+,11-,13+,14-/m1/s1. The van der Waals surface area contributed by atoms with Gasteiger partial charge in [-0.15, -0.1) is 0 Å². The first-order valence-corrected chi connectivity index (χ1v) is 7.28. The molecule has 0 radical (unpaired) electrons. The quantitative estimate of drug-likeness (QED) is 0.739. The van der Waals surface area contributed by atoms with Crippen molar-refractivity contribution < 1.29 is 29.2 Å². The van der Waals surface area contributed by atoms with Crippen molar-refractivity contribution >= 4 is 5.97 Å². The van der Waals surface area contributed by atoms with Crippen molar-refractivity contribution in [2.75, 3.05) is 0 Å². The second-order valence-electron chi connectivity index (χ2n) is 5.71. The fraction of sp³-hybridized carbons (Fsp3) is 0.929. The summed E-state index contributed by atoms with van der Waals surface area (Å²) in [6.07, 6.45) is -2.04. The van der Waals surface area contributed by atoms with Crippen molar-refractivity contribution in [3.8, 4) is 0 Å². The minimum absolute atomic E-state index is 0.121. The van der Waals surface area contributed by atoms with Crippen molar-refractivity contribution in [1.82, 2.24) is 0 Å². The van der Waals surface area contributed by atoms with Gasteiger partial charge in [-0.2, -0.15) is 0 Å². The molecule has 2 aliphatic rings. The van der Waals surface area contributed by atoms with Gasteiger partial charge in [-0.25, -0.2) is 0 Å². The van der Waals surface area contributed by atoms with Gasteiger partial charge in [0.15, 0.2) is 6.29 Å². The number of esters is 1. The van der Waals surface area contributed by atoms with Gasteiger partial charge in [0.2, 0.25) is 0 Å². The summed E-state index contributed by atoms with van der Waals surface area (Å²) in [5.74, 6) is -0.146. The summed E-state index contributed by atoms with van der Waals surface area (Å²) < 4.78 is 16.6. The lowest BCUT2D eigenvalue weighted by Crippen LogP contribution is -2.50. The molecule has 0 aliphatic carbocycles. The molecule has 7 atom stereocenters. The first-order chi connectivity index (χ1) is 9.42. The van der Waals surface area contributed by atoms with E-state index in [0.29, 0.717) is 0 Å². The number of rotatable bonds is 3. The van der Waals surface area contributed by atoms with Crippen LogP contribution < -0.4 is 0 Å². The van der Waals surface area contributed by atoms with Gasteiger partial charge in [0.1, 0.15) is 12.2 Å². The second-order valence-corrected chi connectivity index (χ2v) is 5.71. The molecule has 2 heterocycles. The third kappa shape index (κ3) is 3.31. The van der Waals surface area contributed by atoms with Gasteiger partial charge in [-0.3, -0.25) is 4.79 Å². The van der Waals surface area contributed by atoms with Crippen LogP contribution in [0.2, 0.25) is 0 Å². The van der Waals surface area contributed by atoms with E-state index in [1.165, 1.54) is 0 Å². The number of carbonyl (C=O) groups excluding carboxylic acids is 1. The summed E-state index contributed by atoms with van der Waals surface area (Å²) in [6, 6.07) is 0. The van der Waals surface area contributed by atoms with Gasteiger partial charge in [-0.05, 0) is 20.3 Å². The lowest BCUT2D eigenvalue weighted by Gasteiger charge is -2.40. The Morgan fingerprint density at radius 1 is 1.30 bits per heavy atom. The summed E-state index contributed by atoms with van der Waals surface area (Å²) in [7, 11) is 0. The second kappa shape index (κ2) is 6.39. The van der Waals surface area contributed by atoms with Crippen molar-refractivity contribution in [3.05, 3.63) is 0 Å². The largest absolute Gasteiger partial charge is 0.462 e. The molecule has 2 fully saturated rings. The lowest BCUT2D eigenvalue weighted by atomic mass is 9.89. The van der Waals surface area contributed by atoms with Crippen molar-refractivity contribution in [2.24, 2.45) is 5.92 Å². The van der Waals surface area contributed by atoms with Crippen LogP contribution in [-0.2, 0) is 19.0 Å². The van der Waals surface area contributed by atoms with Crippen LogP contribution in [0, 0.1) is 5.92 Å². The molecule has 0 saturated carbocycles. The molecule has 116 valence electrons. The Morgan fingerprint density at radius 3 is 2.60 bits per heavy atom. The van der Waals surface area contributed by atoms with Crippen molar-refractivity contribution in [2.45, 2.75) is 76.8 Å². The van der Waals surface area contributed by atoms with E-state index in [9.17, 15) is 15.0 Å². The van der Waals surface area contributed by atoms with Gasteiger partial charge < -0.3 is 24.4 Å². The van der Waals surface area contributed by atoms with Gasteiger partial charge in [-0.1, -0.05) is 6.92 Å². The van der Waals surface area contributed by atoms with Gasteiger partial charge in [0.25, 0.3) is 0 Å². The summed E-state index contributed by atoms with van der Waals surface area (Å²) >= 11 is 0. The minimum atomic E-state index is -0.896. The molecule has 2 aliphatic heterocycles. The van der Waals surface area contributed by atoms with E-state index in [1.807, 2.05) is 13.8 Å². The van der Waals surface area contributed by atoms with Crippen LogP contribution in [-0.4, -0.2) is 53.0 Å². The maximum Gasteiger partial charge on any atom is 0.308 e. The normalized spacial score (nSPS) is 46.0. The summed E-state index contributed by atoms with van der Waals surface area (Å²) in [6.45, 7) is 5.59. The Balaban J connectivity index is 1.98. The summed E-state index contributed by atoms with van der Waals surface area (Å²) in [5.41, 5.74) is 0. The highest BCUT2D eigenvalue weighted by atomic mass is 16.7. The average molecular weight is 288 g/mol. The van der Waals surface area contributed by atoms with Crippen LogP contribution in [0.3, 0.4) is 0 Å². The topological polar surface area (TPSA) is 85.2 Å². The van der Waals surface area contributed by atoms with Crippen LogP contribution >= 0.6 is 0 Å². The monoisotopic (exact) mass is 288 g/mol. The van der Waals surface area contributed by atoms with Crippen LogP contribution in [0.25, 0.3) is 0 Å². The zero-order valence-electron chi connectivity index (χ0n) is 12.2. The number of aliphatic hydroxyl groups excluding tert-OH is 2. The van der Waals surface area contributed by atoms with Crippen molar-refractivity contribution in [1.29, 1.82) is 0 Å². The molecule has 0 bridgehead atoms. The van der Waals surface area contributed by atoms with Gasteiger partial charge >= 0.3 is 5.97 Å². The smallest absolute Gasteiger partial charge is 0.308 e. The third-order valence-corrected chi connectivity index (χ3v) is 4.24. The SMILES string of the molecule is CC[C@@H]1[C@@H](C)OC(=O)C[C@H]1O[C@H]1C[C@H](O)[C@H](O)[C@H](C)O1. The maximum atomic E-state index is 11.5. The predicted molar refractivity (Wildman–Crippen MR) is 69.8 cm³/mol. The number of carbonyl (C=O) groups is 1. The molecule has 2 N–H and O–H groups in total. The van der Waals surface area contributed by atoms with E-state index in [2.05, 4.69) is 0 Å². The van der Waals surface area contributed by atoms with Crippen molar-refractivity contribution in [3.63, 3.8) is 0 Å². The number of hydrogen-bond donors (Lipinski definition) is 2. The zero-order valence-corrected chi connectivity index (χ0v) is 12.2. The summed E-state index contributed by atoms with van der Waals surface area (Å²) in [5, 5.41) is 19.4. The fourth-order valence-electron chi connectivity index (χ4n) is 3.01. The molecule has 2 rings (SSSR count). The molecular weight excluding hydrogens is 264 g/mol. The van der Waals surface area contributed by atoms with Crippen LogP contribution in [0.5, 0.6) is 0 Å². The Morgan fingerprint density at radius 2 is 2.00 bits per heavy atom. The Hall–Kier alpha value is -0.690. The summed E-state index contributed by atoms with van der Waals surface area (Å²) in [4.78, 5) is 11.5. The molecule has 0 unspecified atom stereocenters. The van der Waals surface area contributed by atoms with E-state index < -0.39 is 24.6 Å². The Bertz CT molecular complexity index is 335. The number of hydrogen-bond acceptors (Lipinski definition) is 6. The number of aliphatic hydroxyl groups is 2. The molecule has 2 saturated heterocycles. The van der Waals surface area contributed by atoms with E-state index in [4.69, 9.17) is 14.2 Å². The van der Waals surface area contributed by atoms with E-state index in [0.717, 1.165) is 6.42 Å². The van der Waals surface area contributed by atoms with E-state index in [1.54, 1.807) is 6.92 Å². The Labute approximate surface area is 119 Å². The maximum absolute atomic E-state index is 11.5. The molecule has 6 heteroatoms. The van der Waals surface area contributed by atoms with Gasteiger partial charge in [0.05, 0.1) is 24.7 Å². The highest BCUT2D eigenvalue weighted by Crippen LogP contribution is 2.31. The van der Waals surface area contributed by atoms with Crippen LogP contribution in [0.15, 0.2) is 0 Å². The molecule has 0 spiro atoms. The highest BCUT2D eigenvalue weighted by Gasteiger charge is 2.40. The molecule has 0 aromatic heterocycles. The minimum Gasteiger partial charge on any atom is -0.462 e. The Kier molecular flexibility index (Phi) is 5.01. The van der Waals surface area contributed by atoms with Crippen LogP contribution in [0.4, 0.5) is 0 Å². The average Bonchev–Trinajstić information content (AvgIpc) is 2.35. The first-order valence-electron chi connectivity index (χ1n) is 7.28. The molecule has 6 nitrogen and oxygen atoms in total. The molecule has 0 aromatic rings. The fourth-order valence-corrected chi connectivity index (χ4v) is 3.01. The molecule has 0 amide bonds. The first kappa shape index (κ1) is 15.7. The third-order valence-electron chi connectivity index (χ3n) is 4.24. The number of ether oxygens (including phenoxy) is 3. The van der Waals surface area contributed by atoms with Crippen LogP contribution in [0.1, 0.15) is 40.0 Å². The molecule has 0 aromatic carbocycles. The molecular formula is C14H24O6. The lowest BCUT2D eigenvalue weighted by molar-refractivity contribution is -0.272.